The summed E-state index contributed by atoms with van der Waals surface area (Å²) >= 11 is 0. The van der Waals surface area contributed by atoms with E-state index in [-0.39, 0.29) is 0 Å². The van der Waals surface area contributed by atoms with Crippen molar-refractivity contribution in [1.82, 2.24) is 5.32 Å². The molecule has 0 spiro atoms. The molecule has 0 unspecified atom stereocenters. The Balaban J connectivity index is 2.99. The predicted molar refractivity (Wildman–Crippen MR) is 78.0 cm³/mol. The minimum absolute atomic E-state index is 0.815. The van der Waals surface area contributed by atoms with Crippen molar-refractivity contribution in [2.45, 2.75) is 42.7 Å². The van der Waals surface area contributed by atoms with Gasteiger partial charge in [0.2, 0.25) is 0 Å². The number of aliphatic carboxylic acids is 1. The van der Waals surface area contributed by atoms with Crippen molar-refractivity contribution >= 4 is 17.8 Å². The third-order valence-corrected chi connectivity index (χ3v) is 3.70. The van der Waals surface area contributed by atoms with E-state index >= 15 is 0 Å². The van der Waals surface area contributed by atoms with Gasteiger partial charge in [-0.25, -0.2) is 9.18 Å². The van der Waals surface area contributed by atoms with E-state index < -0.39 is 80.3 Å². The molecule has 150 valence electrons. The zero-order chi connectivity index (χ0) is 20.1. The van der Waals surface area contributed by atoms with E-state index in [1.54, 1.807) is 0 Å². The molecule has 0 radical (unpaired) electrons. The summed E-state index contributed by atoms with van der Waals surface area (Å²) in [5.41, 5.74) is 5.62. The summed E-state index contributed by atoms with van der Waals surface area (Å²) in [6.45, 7) is -3.20. The summed E-state index contributed by atoms with van der Waals surface area (Å²) in [6, 6.07) is -1.37. The van der Waals surface area contributed by atoms with Gasteiger partial charge in [0.1, 0.15) is 24.9 Å². The van der Waals surface area contributed by atoms with Crippen LogP contribution in [0.2, 0.25) is 0 Å². The highest BCUT2D eigenvalue weighted by molar-refractivity contribution is 5.85. The lowest BCUT2D eigenvalue weighted by molar-refractivity contribution is -0.298. The number of carboxylic acid groups (broad SMARTS) is 1. The second-order valence-electron chi connectivity index (χ2n) is 5.61. The molecule has 1 heterocycles. The van der Waals surface area contributed by atoms with Gasteiger partial charge in [-0.15, -0.1) is 0 Å². The minimum atomic E-state index is -2.78. The Kier molecular flexibility index (Phi) is 7.80. The number of amides is 1. The number of aliphatic hydroxyl groups is 4. The average molecular weight is 384 g/mol. The number of ether oxygens (including phenoxy) is 2. The average Bonchev–Trinajstić information content (AvgIpc) is 2.60. The van der Waals surface area contributed by atoms with Gasteiger partial charge in [0, 0.05) is 0 Å². The number of halogens is 1. The molecule has 0 saturated carbocycles. The molecular weight excluding hydrogens is 363 g/mol. The smallest absolute Gasteiger partial charge is 0.377 e. The summed E-state index contributed by atoms with van der Waals surface area (Å²) in [6.07, 6.45) is -7.84. The van der Waals surface area contributed by atoms with Crippen LogP contribution in [0.1, 0.15) is 6.42 Å². The van der Waals surface area contributed by atoms with Crippen LogP contribution in [-0.4, -0.2) is 99.4 Å². The molecule has 1 amide bonds. The van der Waals surface area contributed by atoms with E-state index in [1.165, 1.54) is 0 Å². The van der Waals surface area contributed by atoms with Gasteiger partial charge >= 0.3 is 17.7 Å². The van der Waals surface area contributed by atoms with E-state index in [1.807, 2.05) is 5.32 Å². The molecule has 0 aliphatic carbocycles. The number of carboxylic acids is 1. The van der Waals surface area contributed by atoms with Gasteiger partial charge in [0.05, 0.1) is 25.2 Å². The van der Waals surface area contributed by atoms with E-state index in [0.29, 0.717) is 0 Å². The fraction of sp³-hybridized carbons (Fsp3) is 0.769. The number of alkyl halides is 1. The first-order chi connectivity index (χ1) is 12.1. The third kappa shape index (κ3) is 5.06. The summed E-state index contributed by atoms with van der Waals surface area (Å²) in [7, 11) is 0. The van der Waals surface area contributed by atoms with Crippen molar-refractivity contribution in [3.8, 4) is 0 Å². The van der Waals surface area contributed by atoms with E-state index in [2.05, 4.69) is 4.74 Å². The lowest BCUT2D eigenvalue weighted by Gasteiger charge is -2.44. The summed E-state index contributed by atoms with van der Waals surface area (Å²) in [5, 5.41) is 49.4. The predicted octanol–water partition coefficient (Wildman–Crippen LogP) is -4.41. The normalized spacial score (nSPS) is 30.9. The van der Waals surface area contributed by atoms with Crippen molar-refractivity contribution in [3.63, 3.8) is 0 Å². The molecule has 8 N–H and O–H groups in total. The quantitative estimate of drug-likeness (QED) is 0.199. The fourth-order valence-electron chi connectivity index (χ4n) is 2.29. The van der Waals surface area contributed by atoms with Gasteiger partial charge in [0.15, 0.2) is 6.67 Å². The van der Waals surface area contributed by atoms with Crippen LogP contribution < -0.4 is 11.1 Å². The van der Waals surface area contributed by atoms with Gasteiger partial charge < -0.3 is 46.1 Å². The monoisotopic (exact) mass is 384 g/mol. The highest BCUT2D eigenvalue weighted by Gasteiger charge is 2.56. The molecular formula is C13H21FN2O10. The number of carbonyl (C=O) groups excluding carboxylic acids is 2. The number of hydrogen-bond acceptors (Lipinski definition) is 10. The number of esters is 1. The Bertz CT molecular complexity index is 535. The van der Waals surface area contributed by atoms with Crippen LogP contribution in [0.4, 0.5) is 4.39 Å². The first-order valence-electron chi connectivity index (χ1n) is 7.44. The van der Waals surface area contributed by atoms with E-state index in [4.69, 9.17) is 15.6 Å². The van der Waals surface area contributed by atoms with Crippen LogP contribution in [-0.2, 0) is 23.9 Å². The largest absolute Gasteiger partial charge is 0.476 e. The van der Waals surface area contributed by atoms with Crippen molar-refractivity contribution < 1.29 is 53.8 Å². The second kappa shape index (κ2) is 9.16. The van der Waals surface area contributed by atoms with Crippen LogP contribution in [0.15, 0.2) is 0 Å². The molecule has 1 rings (SSSR count). The molecule has 1 saturated heterocycles. The molecule has 26 heavy (non-hydrogen) atoms. The molecule has 1 aliphatic rings. The zero-order valence-electron chi connectivity index (χ0n) is 13.4. The zero-order valence-corrected chi connectivity index (χ0v) is 13.4. The number of carbonyl (C=O) groups is 3. The Labute approximate surface area is 146 Å². The number of nitrogens with two attached hydrogens (primary N) is 1. The number of hydrogen-bond donors (Lipinski definition) is 7. The topological polar surface area (TPSA) is 209 Å². The number of aliphatic hydroxyl groups excluding tert-OH is 4. The van der Waals surface area contributed by atoms with Gasteiger partial charge in [0.25, 0.3) is 5.91 Å². The van der Waals surface area contributed by atoms with Gasteiger partial charge in [-0.05, 0) is 0 Å². The molecule has 0 aromatic carbocycles. The maximum atomic E-state index is 12.0. The summed E-state index contributed by atoms with van der Waals surface area (Å²) in [5.74, 6) is -7.11. The van der Waals surface area contributed by atoms with E-state index in [0.717, 1.165) is 0 Å². The third-order valence-electron chi connectivity index (χ3n) is 3.70. The molecule has 0 aromatic rings. The van der Waals surface area contributed by atoms with Crippen molar-refractivity contribution in [2.75, 3.05) is 19.8 Å². The van der Waals surface area contributed by atoms with Gasteiger partial charge in [-0.3, -0.25) is 9.59 Å². The lowest BCUT2D eigenvalue weighted by Crippen LogP contribution is -2.66. The van der Waals surface area contributed by atoms with Crippen LogP contribution in [0, 0.1) is 0 Å². The Morgan fingerprint density at radius 1 is 1.38 bits per heavy atom. The summed E-state index contributed by atoms with van der Waals surface area (Å²) in [4.78, 5) is 34.1. The molecule has 0 bridgehead atoms. The molecule has 12 nitrogen and oxygen atoms in total. The molecule has 1 aliphatic heterocycles. The molecule has 0 aromatic heterocycles. The van der Waals surface area contributed by atoms with Gasteiger partial charge in [-0.1, -0.05) is 0 Å². The highest BCUT2D eigenvalue weighted by atomic mass is 19.1. The van der Waals surface area contributed by atoms with Gasteiger partial charge in [-0.2, -0.15) is 0 Å². The van der Waals surface area contributed by atoms with Crippen molar-refractivity contribution in [3.05, 3.63) is 0 Å². The maximum absolute atomic E-state index is 12.0. The highest BCUT2D eigenvalue weighted by Crippen LogP contribution is 2.32. The van der Waals surface area contributed by atoms with Crippen LogP contribution in [0.5, 0.6) is 0 Å². The van der Waals surface area contributed by atoms with Crippen LogP contribution in [0.3, 0.4) is 0 Å². The number of nitrogens with one attached hydrogen (secondary N) is 1. The lowest BCUT2D eigenvalue weighted by atomic mass is 9.89. The Morgan fingerprint density at radius 2 is 2.00 bits per heavy atom. The molecule has 1 fully saturated rings. The maximum Gasteiger partial charge on any atom is 0.377 e. The standard InChI is InChI=1S/C13H21FN2O10/c14-2-7(20)16-3-8(21)25-13(12(23)24)1-5(18)9(15)11(26-13)10(22)6(19)4-17/h5-6,9-11,17-19,22H,1-4,15H2,(H,16,20)(H,23,24)/t5-,6+,9+,10+,11+,13-/m0/s1. The summed E-state index contributed by atoms with van der Waals surface area (Å²) < 4.78 is 21.8. The Morgan fingerprint density at radius 3 is 2.50 bits per heavy atom. The fourth-order valence-corrected chi connectivity index (χ4v) is 2.29. The molecule has 13 heteroatoms. The van der Waals surface area contributed by atoms with Crippen molar-refractivity contribution in [2.24, 2.45) is 5.73 Å². The first-order valence-corrected chi connectivity index (χ1v) is 7.44. The first kappa shape index (κ1) is 22.1. The second-order valence-corrected chi connectivity index (χ2v) is 5.61. The minimum Gasteiger partial charge on any atom is -0.476 e. The number of rotatable bonds is 8. The van der Waals surface area contributed by atoms with Crippen LogP contribution >= 0.6 is 0 Å². The molecule has 6 atom stereocenters. The SMILES string of the molecule is N[C@H]1[C@H]([C@H](O)[C@H](O)CO)O[C@](OC(=O)CNC(=O)CF)(C(=O)O)C[C@@H]1O. The van der Waals surface area contributed by atoms with E-state index in [9.17, 15) is 39.2 Å². The van der Waals surface area contributed by atoms with Crippen molar-refractivity contribution in [1.29, 1.82) is 0 Å². The Hall–Kier alpha value is -1.90. The van der Waals surface area contributed by atoms with Crippen LogP contribution in [0.25, 0.3) is 0 Å².